The SMILES string of the molecule is C=C(C(=O)O)[C@@H]1CC[C@@]2(C)CCC[C@@](C)(O)[C@@H]2[C@H]1OC(=O)C(C)=CC. The van der Waals surface area contributed by atoms with Crippen molar-refractivity contribution in [2.24, 2.45) is 17.3 Å². The minimum atomic E-state index is -1.08. The zero-order valence-corrected chi connectivity index (χ0v) is 15.7. The Bertz CT molecular complexity index is 603. The number of carboxylic acid groups (broad SMARTS) is 1. The van der Waals surface area contributed by atoms with Gasteiger partial charge >= 0.3 is 11.9 Å². The van der Waals surface area contributed by atoms with E-state index in [2.05, 4.69) is 13.5 Å². The van der Waals surface area contributed by atoms with Crippen LogP contribution in [0, 0.1) is 17.3 Å². The number of aliphatic carboxylic acids is 1. The lowest BCUT2D eigenvalue weighted by Crippen LogP contribution is -2.59. The fraction of sp³-hybridized carbons (Fsp3) is 0.700. The van der Waals surface area contributed by atoms with Gasteiger partial charge in [0, 0.05) is 23.0 Å². The van der Waals surface area contributed by atoms with Crippen LogP contribution in [0.2, 0.25) is 0 Å². The van der Waals surface area contributed by atoms with Crippen molar-refractivity contribution >= 4 is 11.9 Å². The molecule has 0 spiro atoms. The van der Waals surface area contributed by atoms with Crippen molar-refractivity contribution in [3.63, 3.8) is 0 Å². The maximum absolute atomic E-state index is 12.4. The van der Waals surface area contributed by atoms with Gasteiger partial charge in [-0.1, -0.05) is 26.0 Å². The third-order valence-corrected chi connectivity index (χ3v) is 6.32. The summed E-state index contributed by atoms with van der Waals surface area (Å²) in [5, 5.41) is 20.5. The van der Waals surface area contributed by atoms with Gasteiger partial charge in [0.2, 0.25) is 0 Å². The van der Waals surface area contributed by atoms with E-state index in [-0.39, 0.29) is 16.9 Å². The molecule has 140 valence electrons. The zero-order valence-electron chi connectivity index (χ0n) is 15.7. The van der Waals surface area contributed by atoms with E-state index in [1.165, 1.54) is 0 Å². The number of carbonyl (C=O) groups is 2. The first-order valence-electron chi connectivity index (χ1n) is 9.02. The molecule has 2 saturated carbocycles. The van der Waals surface area contributed by atoms with Crippen molar-refractivity contribution in [1.29, 1.82) is 0 Å². The highest BCUT2D eigenvalue weighted by Gasteiger charge is 2.58. The van der Waals surface area contributed by atoms with E-state index >= 15 is 0 Å². The van der Waals surface area contributed by atoms with E-state index in [1.54, 1.807) is 26.8 Å². The highest BCUT2D eigenvalue weighted by Crippen LogP contribution is 2.57. The lowest BCUT2D eigenvalue weighted by Gasteiger charge is -2.57. The average molecular weight is 350 g/mol. The molecule has 0 bridgehead atoms. The number of ether oxygens (including phenoxy) is 1. The second kappa shape index (κ2) is 6.94. The van der Waals surface area contributed by atoms with E-state index in [0.717, 1.165) is 19.3 Å². The number of esters is 1. The van der Waals surface area contributed by atoms with E-state index in [4.69, 9.17) is 4.74 Å². The van der Waals surface area contributed by atoms with Gasteiger partial charge in [0.25, 0.3) is 0 Å². The van der Waals surface area contributed by atoms with Crippen LogP contribution in [-0.4, -0.2) is 33.9 Å². The number of carboxylic acids is 1. The first-order chi connectivity index (χ1) is 11.5. The summed E-state index contributed by atoms with van der Waals surface area (Å²) in [4.78, 5) is 23.9. The Morgan fingerprint density at radius 3 is 2.44 bits per heavy atom. The van der Waals surface area contributed by atoms with Crippen molar-refractivity contribution in [3.8, 4) is 0 Å². The molecule has 0 heterocycles. The zero-order chi connectivity index (χ0) is 19.0. The molecule has 5 atom stereocenters. The third kappa shape index (κ3) is 3.66. The Balaban J connectivity index is 2.45. The van der Waals surface area contributed by atoms with Crippen LogP contribution in [0.15, 0.2) is 23.8 Å². The second-order valence-corrected chi connectivity index (χ2v) is 8.16. The quantitative estimate of drug-likeness (QED) is 0.599. The molecule has 5 nitrogen and oxygen atoms in total. The van der Waals surface area contributed by atoms with Gasteiger partial charge in [0.1, 0.15) is 6.10 Å². The van der Waals surface area contributed by atoms with Crippen LogP contribution in [0.3, 0.4) is 0 Å². The molecule has 0 radical (unpaired) electrons. The van der Waals surface area contributed by atoms with Gasteiger partial charge in [-0.3, -0.25) is 0 Å². The van der Waals surface area contributed by atoms with E-state index < -0.39 is 29.6 Å². The van der Waals surface area contributed by atoms with Gasteiger partial charge in [-0.15, -0.1) is 0 Å². The van der Waals surface area contributed by atoms with Crippen LogP contribution >= 0.6 is 0 Å². The molecule has 0 aromatic carbocycles. The average Bonchev–Trinajstić information content (AvgIpc) is 2.52. The number of carbonyl (C=O) groups excluding carboxylic acids is 1. The molecular formula is C20H30O5. The topological polar surface area (TPSA) is 83.8 Å². The van der Waals surface area contributed by atoms with Crippen molar-refractivity contribution < 1.29 is 24.5 Å². The molecule has 0 amide bonds. The van der Waals surface area contributed by atoms with Crippen molar-refractivity contribution in [3.05, 3.63) is 23.8 Å². The highest BCUT2D eigenvalue weighted by atomic mass is 16.5. The normalized spacial score (nSPS) is 38.6. The molecule has 2 aliphatic rings. The number of hydrogen-bond donors (Lipinski definition) is 2. The van der Waals surface area contributed by atoms with Crippen LogP contribution < -0.4 is 0 Å². The standard InChI is InChI=1S/C20H30O5/c1-6-12(2)18(23)25-15-14(13(3)17(21)22)8-11-19(4)9-7-10-20(5,24)16(15)19/h6,14-16,24H,3,7-11H2,1-2,4-5H3,(H,21,22)/t14-,15-,16+,19+,20+/m0/s1. The largest absolute Gasteiger partial charge is 0.478 e. The summed E-state index contributed by atoms with van der Waals surface area (Å²) in [6, 6.07) is 0. The summed E-state index contributed by atoms with van der Waals surface area (Å²) in [6.07, 6.45) is 4.86. The summed E-state index contributed by atoms with van der Waals surface area (Å²) in [5.74, 6) is -2.32. The Hall–Kier alpha value is -1.62. The minimum absolute atomic E-state index is 0.0550. The maximum Gasteiger partial charge on any atom is 0.333 e. The molecule has 25 heavy (non-hydrogen) atoms. The maximum atomic E-state index is 12.4. The van der Waals surface area contributed by atoms with E-state index in [9.17, 15) is 19.8 Å². The van der Waals surface area contributed by atoms with Gasteiger partial charge < -0.3 is 14.9 Å². The van der Waals surface area contributed by atoms with Gasteiger partial charge in [-0.2, -0.15) is 0 Å². The predicted octanol–water partition coefficient (Wildman–Crippen LogP) is 3.47. The first-order valence-corrected chi connectivity index (χ1v) is 9.02. The molecule has 5 heteroatoms. The summed E-state index contributed by atoms with van der Waals surface area (Å²) in [7, 11) is 0. The van der Waals surface area contributed by atoms with Gasteiger partial charge in [-0.25, -0.2) is 9.59 Å². The molecule has 2 aliphatic carbocycles. The molecule has 0 saturated heterocycles. The molecule has 2 rings (SSSR count). The highest BCUT2D eigenvalue weighted by molar-refractivity contribution is 5.88. The number of fused-ring (bicyclic) bond motifs is 1. The minimum Gasteiger partial charge on any atom is -0.478 e. The van der Waals surface area contributed by atoms with Crippen LogP contribution in [0.4, 0.5) is 0 Å². The molecule has 0 aromatic heterocycles. The number of hydrogen-bond acceptors (Lipinski definition) is 4. The van der Waals surface area contributed by atoms with Crippen LogP contribution in [-0.2, 0) is 14.3 Å². The predicted molar refractivity (Wildman–Crippen MR) is 94.9 cm³/mol. The molecule has 0 unspecified atom stereocenters. The summed E-state index contributed by atoms with van der Waals surface area (Å²) in [5.41, 5.74) is -0.646. The number of allylic oxidation sites excluding steroid dienone is 1. The van der Waals surface area contributed by atoms with Crippen molar-refractivity contribution in [2.75, 3.05) is 0 Å². The summed E-state index contributed by atoms with van der Waals surface area (Å²) in [6.45, 7) is 11.0. The number of aliphatic hydroxyl groups is 1. The molecule has 0 aromatic rings. The van der Waals surface area contributed by atoms with Gasteiger partial charge in [0.05, 0.1) is 5.60 Å². The fourth-order valence-corrected chi connectivity index (χ4v) is 4.84. The van der Waals surface area contributed by atoms with Crippen molar-refractivity contribution in [1.82, 2.24) is 0 Å². The smallest absolute Gasteiger partial charge is 0.333 e. The van der Waals surface area contributed by atoms with Gasteiger partial charge in [-0.05, 0) is 51.9 Å². The molecular weight excluding hydrogens is 320 g/mol. The molecule has 2 fully saturated rings. The Kier molecular flexibility index (Phi) is 5.47. The van der Waals surface area contributed by atoms with Gasteiger partial charge in [0.15, 0.2) is 0 Å². The lowest BCUT2D eigenvalue weighted by molar-refractivity contribution is -0.196. The summed E-state index contributed by atoms with van der Waals surface area (Å²) >= 11 is 0. The third-order valence-electron chi connectivity index (χ3n) is 6.32. The van der Waals surface area contributed by atoms with Crippen molar-refractivity contribution in [2.45, 2.75) is 71.5 Å². The fourth-order valence-electron chi connectivity index (χ4n) is 4.84. The lowest BCUT2D eigenvalue weighted by atomic mass is 9.51. The van der Waals surface area contributed by atoms with Crippen LogP contribution in [0.25, 0.3) is 0 Å². The monoisotopic (exact) mass is 350 g/mol. The summed E-state index contributed by atoms with van der Waals surface area (Å²) < 4.78 is 5.81. The molecule has 0 aliphatic heterocycles. The number of rotatable bonds is 4. The van der Waals surface area contributed by atoms with Crippen LogP contribution in [0.5, 0.6) is 0 Å². The van der Waals surface area contributed by atoms with Crippen LogP contribution in [0.1, 0.15) is 59.8 Å². The Morgan fingerprint density at radius 1 is 1.24 bits per heavy atom. The molecule has 2 N–H and O–H groups in total. The Labute approximate surface area is 149 Å². The Morgan fingerprint density at radius 2 is 1.88 bits per heavy atom. The van der Waals surface area contributed by atoms with E-state index in [1.807, 2.05) is 0 Å². The first kappa shape index (κ1) is 19.7. The van der Waals surface area contributed by atoms with E-state index in [0.29, 0.717) is 18.4 Å². The second-order valence-electron chi connectivity index (χ2n) is 8.16.